The van der Waals surface area contributed by atoms with E-state index in [1.807, 2.05) is 60.9 Å². The Morgan fingerprint density at radius 3 is 2.77 bits per heavy atom. The fourth-order valence-corrected chi connectivity index (χ4v) is 4.18. The number of nitrogens with one attached hydrogen (secondary N) is 2. The van der Waals surface area contributed by atoms with Crippen LogP contribution in [0.3, 0.4) is 0 Å². The number of ether oxygens (including phenoxy) is 1. The topological polar surface area (TPSA) is 98.4 Å². The van der Waals surface area contributed by atoms with Crippen LogP contribution in [0.1, 0.15) is 28.8 Å². The van der Waals surface area contributed by atoms with Gasteiger partial charge in [-0.2, -0.15) is 0 Å². The highest BCUT2D eigenvalue weighted by molar-refractivity contribution is 7.99. The third kappa shape index (κ3) is 6.33. The summed E-state index contributed by atoms with van der Waals surface area (Å²) in [7, 11) is 0. The Morgan fingerprint density at radius 2 is 1.97 bits per heavy atom. The number of hydrogen-bond donors (Lipinski definition) is 2. The highest BCUT2D eigenvalue weighted by Crippen LogP contribution is 2.25. The minimum Gasteiger partial charge on any atom is -0.492 e. The van der Waals surface area contributed by atoms with Gasteiger partial charge in [0, 0.05) is 23.6 Å². The predicted molar refractivity (Wildman–Crippen MR) is 135 cm³/mol. The van der Waals surface area contributed by atoms with Gasteiger partial charge in [-0.3, -0.25) is 14.2 Å². The number of imidazole rings is 1. The Balaban J connectivity index is 1.39. The molecule has 0 fully saturated rings. The summed E-state index contributed by atoms with van der Waals surface area (Å²) in [5.74, 6) is 1.92. The van der Waals surface area contributed by atoms with Crippen LogP contribution in [0, 0.1) is 6.92 Å². The van der Waals surface area contributed by atoms with Crippen molar-refractivity contribution in [1.29, 1.82) is 0 Å². The largest absolute Gasteiger partial charge is 0.492 e. The van der Waals surface area contributed by atoms with Crippen molar-refractivity contribution in [3.8, 4) is 11.4 Å². The number of furan rings is 1. The molecule has 4 rings (SSSR count). The van der Waals surface area contributed by atoms with E-state index in [1.165, 1.54) is 11.8 Å². The molecule has 0 radical (unpaired) electrons. The number of benzene rings is 2. The molecule has 0 unspecified atom stereocenters. The van der Waals surface area contributed by atoms with Gasteiger partial charge in [0.05, 0.1) is 24.6 Å². The first-order valence-corrected chi connectivity index (χ1v) is 12.1. The number of carbonyl (C=O) groups excluding carboxylic acids is 2. The van der Waals surface area contributed by atoms with Gasteiger partial charge < -0.3 is 19.8 Å². The van der Waals surface area contributed by atoms with Crippen LogP contribution in [0.15, 0.2) is 82.6 Å². The third-order valence-corrected chi connectivity index (χ3v) is 5.97. The maximum Gasteiger partial charge on any atom is 0.251 e. The first-order chi connectivity index (χ1) is 17.0. The number of aryl methyl sites for hydroxylation is 1. The van der Waals surface area contributed by atoms with Crippen molar-refractivity contribution < 1.29 is 18.7 Å². The molecule has 0 saturated carbocycles. The van der Waals surface area contributed by atoms with Crippen LogP contribution in [0.5, 0.6) is 5.75 Å². The number of thioether (sulfide) groups is 1. The van der Waals surface area contributed by atoms with Crippen molar-refractivity contribution in [3.63, 3.8) is 0 Å². The standard InChI is InChI=1S/C26H26N4O4S/c1-3-33-23-10-5-4-9-22(23)29-24(31)17-35-26-27-13-14-30(26)20-8-6-7-19(15-20)25(32)28-16-21-12-11-18(2)34-21/h4-15H,3,16-17H2,1-2H3,(H,28,32)(H,29,31). The second-order valence-electron chi connectivity index (χ2n) is 7.59. The molecule has 0 aliphatic carbocycles. The number of rotatable bonds is 10. The molecular formula is C26H26N4O4S. The van der Waals surface area contributed by atoms with Gasteiger partial charge in [-0.1, -0.05) is 30.0 Å². The lowest BCUT2D eigenvalue weighted by molar-refractivity contribution is -0.113. The van der Waals surface area contributed by atoms with E-state index in [1.54, 1.807) is 30.6 Å². The van der Waals surface area contributed by atoms with Gasteiger partial charge >= 0.3 is 0 Å². The lowest BCUT2D eigenvalue weighted by Crippen LogP contribution is -2.22. The van der Waals surface area contributed by atoms with Crippen LogP contribution < -0.4 is 15.4 Å². The van der Waals surface area contributed by atoms with Gasteiger partial charge in [0.15, 0.2) is 5.16 Å². The Hall–Kier alpha value is -3.98. The van der Waals surface area contributed by atoms with Gasteiger partial charge in [0.25, 0.3) is 5.91 Å². The van der Waals surface area contributed by atoms with Crippen molar-refractivity contribution in [2.45, 2.75) is 25.5 Å². The zero-order valence-corrected chi connectivity index (χ0v) is 20.3. The van der Waals surface area contributed by atoms with Gasteiger partial charge in [-0.25, -0.2) is 4.98 Å². The second kappa shape index (κ2) is 11.4. The Kier molecular flexibility index (Phi) is 7.89. The molecule has 2 heterocycles. The van der Waals surface area contributed by atoms with Crippen molar-refractivity contribution in [2.24, 2.45) is 0 Å². The number of hydrogen-bond acceptors (Lipinski definition) is 6. The Bertz CT molecular complexity index is 1310. The summed E-state index contributed by atoms with van der Waals surface area (Å²) in [6.07, 6.45) is 3.46. The van der Waals surface area contributed by atoms with E-state index < -0.39 is 0 Å². The highest BCUT2D eigenvalue weighted by Gasteiger charge is 2.13. The second-order valence-corrected chi connectivity index (χ2v) is 8.53. The Morgan fingerprint density at radius 1 is 1.11 bits per heavy atom. The zero-order valence-electron chi connectivity index (χ0n) is 19.5. The SMILES string of the molecule is CCOc1ccccc1NC(=O)CSc1nccn1-c1cccc(C(=O)NCc2ccc(C)o2)c1. The zero-order chi connectivity index (χ0) is 24.6. The van der Waals surface area contributed by atoms with Crippen molar-refractivity contribution in [2.75, 3.05) is 17.7 Å². The number of carbonyl (C=O) groups is 2. The molecular weight excluding hydrogens is 464 g/mol. The summed E-state index contributed by atoms with van der Waals surface area (Å²) in [5.41, 5.74) is 1.92. The van der Waals surface area contributed by atoms with Gasteiger partial charge in [0.2, 0.25) is 5.91 Å². The molecule has 0 saturated heterocycles. The normalized spacial score (nSPS) is 10.7. The van der Waals surface area contributed by atoms with E-state index in [0.29, 0.717) is 41.1 Å². The Labute approximate surface area is 207 Å². The molecule has 0 atom stereocenters. The number of nitrogens with zero attached hydrogens (tertiary/aromatic N) is 2. The molecule has 8 nitrogen and oxygen atoms in total. The van der Waals surface area contributed by atoms with E-state index in [2.05, 4.69) is 15.6 Å². The smallest absolute Gasteiger partial charge is 0.251 e. The van der Waals surface area contributed by atoms with E-state index in [0.717, 1.165) is 11.4 Å². The quantitative estimate of drug-likeness (QED) is 0.309. The monoisotopic (exact) mass is 490 g/mol. The molecule has 0 aliphatic rings. The lowest BCUT2D eigenvalue weighted by atomic mass is 10.2. The molecule has 4 aromatic rings. The summed E-state index contributed by atoms with van der Waals surface area (Å²) in [4.78, 5) is 29.6. The van der Waals surface area contributed by atoms with E-state index in [4.69, 9.17) is 9.15 Å². The molecule has 2 aromatic carbocycles. The van der Waals surface area contributed by atoms with E-state index in [9.17, 15) is 9.59 Å². The molecule has 0 spiro atoms. The number of aromatic nitrogens is 2. The summed E-state index contributed by atoms with van der Waals surface area (Å²) in [6, 6.07) is 18.3. The molecule has 180 valence electrons. The average Bonchev–Trinajstić information content (AvgIpc) is 3.51. The summed E-state index contributed by atoms with van der Waals surface area (Å²) in [5, 5.41) is 6.39. The van der Waals surface area contributed by atoms with Crippen molar-refractivity contribution in [3.05, 3.63) is 90.1 Å². The molecule has 2 aromatic heterocycles. The summed E-state index contributed by atoms with van der Waals surface area (Å²) < 4.78 is 12.9. The van der Waals surface area contributed by atoms with E-state index >= 15 is 0 Å². The lowest BCUT2D eigenvalue weighted by Gasteiger charge is -2.12. The summed E-state index contributed by atoms with van der Waals surface area (Å²) >= 11 is 1.31. The van der Waals surface area contributed by atoms with Crippen LogP contribution in [-0.2, 0) is 11.3 Å². The molecule has 35 heavy (non-hydrogen) atoms. The van der Waals surface area contributed by atoms with Gasteiger partial charge in [-0.05, 0) is 56.3 Å². The van der Waals surface area contributed by atoms with Crippen LogP contribution in [0.2, 0.25) is 0 Å². The van der Waals surface area contributed by atoms with E-state index in [-0.39, 0.29) is 17.6 Å². The van der Waals surface area contributed by atoms with Gasteiger partial charge in [0.1, 0.15) is 17.3 Å². The minimum atomic E-state index is -0.206. The number of anilines is 1. The van der Waals surface area contributed by atoms with Crippen molar-refractivity contribution in [1.82, 2.24) is 14.9 Å². The maximum absolute atomic E-state index is 12.6. The van der Waals surface area contributed by atoms with Crippen LogP contribution in [-0.4, -0.2) is 33.7 Å². The van der Waals surface area contributed by atoms with Crippen LogP contribution in [0.25, 0.3) is 5.69 Å². The highest BCUT2D eigenvalue weighted by atomic mass is 32.2. The molecule has 2 amide bonds. The predicted octanol–water partition coefficient (Wildman–Crippen LogP) is 4.83. The van der Waals surface area contributed by atoms with Gasteiger partial charge in [-0.15, -0.1) is 0 Å². The molecule has 9 heteroatoms. The van der Waals surface area contributed by atoms with Crippen LogP contribution >= 0.6 is 11.8 Å². The first kappa shape index (κ1) is 24.2. The first-order valence-electron chi connectivity index (χ1n) is 11.1. The molecule has 2 N–H and O–H groups in total. The number of amides is 2. The fourth-order valence-electron chi connectivity index (χ4n) is 3.41. The molecule has 0 aliphatic heterocycles. The van der Waals surface area contributed by atoms with Crippen LogP contribution in [0.4, 0.5) is 5.69 Å². The molecule has 0 bridgehead atoms. The fraction of sp³-hybridized carbons (Fsp3) is 0.192. The minimum absolute atomic E-state index is 0.167. The number of para-hydroxylation sites is 2. The summed E-state index contributed by atoms with van der Waals surface area (Å²) in [6.45, 7) is 4.58. The third-order valence-electron chi connectivity index (χ3n) is 5.01. The average molecular weight is 491 g/mol. The van der Waals surface area contributed by atoms with Crippen molar-refractivity contribution >= 4 is 29.3 Å². The maximum atomic E-state index is 12.6.